The number of hydrogen-bond donors (Lipinski definition) is 1. The van der Waals surface area contributed by atoms with Crippen molar-refractivity contribution in [2.24, 2.45) is 0 Å². The predicted molar refractivity (Wildman–Crippen MR) is 110 cm³/mol. The molecule has 1 aliphatic rings. The number of aromatic amines is 1. The van der Waals surface area contributed by atoms with Crippen LogP contribution in [0.2, 0.25) is 0 Å². The number of fused-ring (bicyclic) bond motifs is 1. The maximum Gasteiger partial charge on any atom is 0.229 e. The van der Waals surface area contributed by atoms with Gasteiger partial charge in [-0.15, -0.1) is 0 Å². The van der Waals surface area contributed by atoms with Gasteiger partial charge in [0.2, 0.25) is 5.89 Å². The van der Waals surface area contributed by atoms with Crippen molar-refractivity contribution in [3.8, 4) is 11.5 Å². The highest BCUT2D eigenvalue weighted by Gasteiger charge is 2.28. The lowest BCUT2D eigenvalue weighted by Crippen LogP contribution is -2.33. The first-order valence-electron chi connectivity index (χ1n) is 10.3. The van der Waals surface area contributed by atoms with Crippen LogP contribution >= 0.6 is 0 Å². The van der Waals surface area contributed by atoms with E-state index in [-0.39, 0.29) is 23.3 Å². The highest BCUT2D eigenvalue weighted by Crippen LogP contribution is 2.33. The molecule has 8 heteroatoms. The van der Waals surface area contributed by atoms with E-state index < -0.39 is 11.6 Å². The van der Waals surface area contributed by atoms with Crippen molar-refractivity contribution in [1.29, 1.82) is 0 Å². The lowest BCUT2D eigenvalue weighted by Gasteiger charge is -2.34. The predicted octanol–water partition coefficient (Wildman–Crippen LogP) is 5.67. The van der Waals surface area contributed by atoms with Gasteiger partial charge in [0.25, 0.3) is 0 Å². The van der Waals surface area contributed by atoms with Crippen LogP contribution in [0.4, 0.5) is 13.2 Å². The van der Waals surface area contributed by atoms with Gasteiger partial charge in [-0.3, -0.25) is 4.90 Å². The van der Waals surface area contributed by atoms with Crippen LogP contribution in [0.1, 0.15) is 42.6 Å². The van der Waals surface area contributed by atoms with E-state index in [1.807, 2.05) is 0 Å². The van der Waals surface area contributed by atoms with Gasteiger partial charge in [0.1, 0.15) is 29.0 Å². The average molecular weight is 426 g/mol. The minimum Gasteiger partial charge on any atom is -0.441 e. The van der Waals surface area contributed by atoms with Crippen LogP contribution in [-0.2, 0) is 6.54 Å². The summed E-state index contributed by atoms with van der Waals surface area (Å²) in [7, 11) is 0. The topological polar surface area (TPSA) is 58.0 Å². The number of aromatic nitrogens is 3. The molecule has 160 valence electrons. The number of aryl methyl sites for hydroxylation is 1. The van der Waals surface area contributed by atoms with Gasteiger partial charge in [0.05, 0.1) is 28.3 Å². The van der Waals surface area contributed by atoms with E-state index in [1.54, 1.807) is 13.0 Å². The van der Waals surface area contributed by atoms with Crippen LogP contribution in [-0.4, -0.2) is 26.4 Å². The molecule has 0 amide bonds. The molecule has 0 spiro atoms. The van der Waals surface area contributed by atoms with Crippen molar-refractivity contribution in [1.82, 2.24) is 19.9 Å². The molecule has 0 aliphatic carbocycles. The Hall–Kier alpha value is -3.13. The zero-order chi connectivity index (χ0) is 21.5. The van der Waals surface area contributed by atoms with E-state index in [0.29, 0.717) is 23.5 Å². The van der Waals surface area contributed by atoms with Crippen molar-refractivity contribution in [3.05, 3.63) is 71.1 Å². The van der Waals surface area contributed by atoms with E-state index in [2.05, 4.69) is 19.9 Å². The molecule has 1 saturated heterocycles. The molecule has 1 aliphatic heterocycles. The first kappa shape index (κ1) is 19.8. The van der Waals surface area contributed by atoms with Crippen LogP contribution in [0.5, 0.6) is 0 Å². The lowest BCUT2D eigenvalue weighted by molar-refractivity contribution is 0.132. The molecule has 0 radical (unpaired) electrons. The van der Waals surface area contributed by atoms with Gasteiger partial charge in [-0.1, -0.05) is 6.42 Å². The van der Waals surface area contributed by atoms with Crippen LogP contribution in [0.15, 0.2) is 40.8 Å². The minimum atomic E-state index is -0.584. The molecule has 2 aromatic heterocycles. The van der Waals surface area contributed by atoms with Gasteiger partial charge >= 0.3 is 0 Å². The molecule has 1 fully saturated rings. The number of nitrogens with zero attached hydrogens (tertiary/aromatic N) is 3. The summed E-state index contributed by atoms with van der Waals surface area (Å²) >= 11 is 0. The molecular formula is C23H21F3N4O. The van der Waals surface area contributed by atoms with Crippen LogP contribution in [0.25, 0.3) is 22.5 Å². The second kappa shape index (κ2) is 7.85. The molecule has 0 saturated carbocycles. The molecular weight excluding hydrogens is 405 g/mol. The first-order chi connectivity index (χ1) is 15.0. The van der Waals surface area contributed by atoms with Crippen LogP contribution < -0.4 is 0 Å². The van der Waals surface area contributed by atoms with E-state index in [0.717, 1.165) is 55.3 Å². The highest BCUT2D eigenvalue weighted by molar-refractivity contribution is 5.75. The number of rotatable bonds is 4. The van der Waals surface area contributed by atoms with Gasteiger partial charge in [-0.2, -0.15) is 0 Å². The summed E-state index contributed by atoms with van der Waals surface area (Å²) in [6.45, 7) is 3.10. The Labute approximate surface area is 176 Å². The summed E-state index contributed by atoms with van der Waals surface area (Å²) in [5.74, 6) is -0.0194. The molecule has 5 rings (SSSR count). The fourth-order valence-corrected chi connectivity index (χ4v) is 4.19. The van der Waals surface area contributed by atoms with E-state index in [9.17, 15) is 13.2 Å². The number of likely N-dealkylation sites (tertiary alicyclic amines) is 1. The second-order valence-electron chi connectivity index (χ2n) is 7.91. The quantitative estimate of drug-likeness (QED) is 0.457. The number of nitrogens with one attached hydrogen (secondary N) is 1. The van der Waals surface area contributed by atoms with E-state index in [1.165, 1.54) is 12.1 Å². The first-order valence-corrected chi connectivity index (χ1v) is 10.3. The van der Waals surface area contributed by atoms with E-state index in [4.69, 9.17) is 4.42 Å². The molecule has 5 nitrogen and oxygen atoms in total. The summed E-state index contributed by atoms with van der Waals surface area (Å²) in [6.07, 6.45) is 3.00. The smallest absolute Gasteiger partial charge is 0.229 e. The maximum atomic E-state index is 14.2. The van der Waals surface area contributed by atoms with Crippen molar-refractivity contribution in [2.45, 2.75) is 38.8 Å². The van der Waals surface area contributed by atoms with Crippen LogP contribution in [0, 0.1) is 24.4 Å². The Kier molecular flexibility index (Phi) is 5.02. The number of piperidine rings is 1. The van der Waals surface area contributed by atoms with Crippen molar-refractivity contribution in [3.63, 3.8) is 0 Å². The van der Waals surface area contributed by atoms with Crippen LogP contribution in [0.3, 0.4) is 0 Å². The van der Waals surface area contributed by atoms with E-state index >= 15 is 0 Å². The second-order valence-corrected chi connectivity index (χ2v) is 7.91. The summed E-state index contributed by atoms with van der Waals surface area (Å²) in [5.41, 5.74) is 2.07. The van der Waals surface area contributed by atoms with Crippen molar-refractivity contribution in [2.75, 3.05) is 6.54 Å². The minimum absolute atomic E-state index is 0.00357. The Morgan fingerprint density at radius 3 is 2.74 bits per heavy atom. The number of halogens is 3. The molecule has 3 heterocycles. The summed E-state index contributed by atoms with van der Waals surface area (Å²) in [4.78, 5) is 14.6. The number of H-pyrrole nitrogens is 1. The zero-order valence-corrected chi connectivity index (χ0v) is 17.0. The molecule has 1 unspecified atom stereocenters. The Morgan fingerprint density at radius 2 is 1.87 bits per heavy atom. The molecule has 1 atom stereocenters. The maximum absolute atomic E-state index is 14.2. The Balaban J connectivity index is 1.44. The largest absolute Gasteiger partial charge is 0.441 e. The third kappa shape index (κ3) is 3.83. The lowest BCUT2D eigenvalue weighted by atomic mass is 10.0. The molecule has 31 heavy (non-hydrogen) atoms. The number of oxazole rings is 1. The fraction of sp³-hybridized carbons (Fsp3) is 0.304. The Morgan fingerprint density at radius 1 is 1.06 bits per heavy atom. The third-order valence-corrected chi connectivity index (χ3v) is 5.80. The van der Waals surface area contributed by atoms with Gasteiger partial charge in [0.15, 0.2) is 0 Å². The molecule has 0 bridgehead atoms. The molecule has 2 aromatic carbocycles. The van der Waals surface area contributed by atoms with Gasteiger partial charge in [0, 0.05) is 6.54 Å². The SMILES string of the molecule is Cc1oc(-c2cc(F)ccc2F)nc1CN1CCCCC1c1nc2ccc(F)cc2[nH]1. The van der Waals surface area contributed by atoms with Crippen molar-refractivity contribution < 1.29 is 17.6 Å². The molecule has 1 N–H and O–H groups in total. The monoisotopic (exact) mass is 426 g/mol. The number of benzene rings is 2. The third-order valence-electron chi connectivity index (χ3n) is 5.80. The molecule has 4 aromatic rings. The van der Waals surface area contributed by atoms with Gasteiger partial charge < -0.3 is 9.40 Å². The Bertz CT molecular complexity index is 1250. The highest BCUT2D eigenvalue weighted by atomic mass is 19.1. The normalized spacial score (nSPS) is 17.5. The fourth-order valence-electron chi connectivity index (χ4n) is 4.19. The van der Waals surface area contributed by atoms with Crippen molar-refractivity contribution >= 4 is 11.0 Å². The average Bonchev–Trinajstić information content (AvgIpc) is 3.33. The summed E-state index contributed by atoms with van der Waals surface area (Å²) in [5, 5.41) is 0. The van der Waals surface area contributed by atoms with Gasteiger partial charge in [-0.25, -0.2) is 23.1 Å². The standard InChI is InChI=1S/C23H21F3N4O/c1-13-20(29-23(31-13)16-10-14(24)5-7-17(16)26)12-30-9-3-2-4-21(30)22-27-18-8-6-15(25)11-19(18)28-22/h5-8,10-11,21H,2-4,9,12H2,1H3,(H,27,28). The summed E-state index contributed by atoms with van der Waals surface area (Å²) in [6, 6.07) is 7.75. The zero-order valence-electron chi connectivity index (χ0n) is 17.0. The van der Waals surface area contributed by atoms with Gasteiger partial charge in [-0.05, 0) is 62.7 Å². The number of hydrogen-bond acceptors (Lipinski definition) is 4. The summed E-state index contributed by atoms with van der Waals surface area (Å²) < 4.78 is 47.0. The number of imidazole rings is 1.